The first kappa shape index (κ1) is 10.2. The molecular weight excluding hydrogens is 222 g/mol. The molecule has 0 heterocycles. The fourth-order valence-electron chi connectivity index (χ4n) is 2.74. The molecule has 1 aromatic carbocycles. The fraction of sp³-hybridized carbons (Fsp3) is 0.462. The lowest BCUT2D eigenvalue weighted by atomic mass is 10.0. The maximum atomic E-state index is 11.9. The van der Waals surface area contributed by atoms with Gasteiger partial charge in [-0.2, -0.15) is 0 Å². The highest BCUT2D eigenvalue weighted by molar-refractivity contribution is 6.30. The molecule has 2 atom stereocenters. The Morgan fingerprint density at radius 2 is 2.00 bits per heavy atom. The summed E-state index contributed by atoms with van der Waals surface area (Å²) in [5, 5.41) is 3.60. The average molecular weight is 236 g/mol. The highest BCUT2D eigenvalue weighted by Crippen LogP contribution is 2.54. The van der Waals surface area contributed by atoms with Crippen molar-refractivity contribution in [2.24, 2.45) is 17.8 Å². The van der Waals surface area contributed by atoms with Gasteiger partial charge in [0.05, 0.1) is 0 Å². The Kier molecular flexibility index (Phi) is 2.40. The van der Waals surface area contributed by atoms with Crippen LogP contribution in [0.5, 0.6) is 0 Å². The number of hydrogen-bond acceptors (Lipinski definition) is 1. The summed E-state index contributed by atoms with van der Waals surface area (Å²) in [6.45, 7) is 0. The number of carbonyl (C=O) groups is 1. The number of fused-ring (bicyclic) bond motifs is 1. The quantitative estimate of drug-likeness (QED) is 0.837. The normalized spacial score (nSPS) is 30.9. The van der Waals surface area contributed by atoms with Crippen molar-refractivity contribution < 1.29 is 4.79 Å². The van der Waals surface area contributed by atoms with Crippen LogP contribution >= 0.6 is 11.6 Å². The smallest absolute Gasteiger partial charge is 0.227 e. The summed E-state index contributed by atoms with van der Waals surface area (Å²) in [4.78, 5) is 11.9. The van der Waals surface area contributed by atoms with Gasteiger partial charge in [-0.3, -0.25) is 4.79 Å². The highest BCUT2D eigenvalue weighted by Gasteiger charge is 2.47. The van der Waals surface area contributed by atoms with Crippen molar-refractivity contribution in [3.05, 3.63) is 29.3 Å². The number of hydrogen-bond donors (Lipinski definition) is 1. The zero-order valence-electron chi connectivity index (χ0n) is 8.95. The van der Waals surface area contributed by atoms with Gasteiger partial charge in [0.1, 0.15) is 0 Å². The van der Waals surface area contributed by atoms with E-state index >= 15 is 0 Å². The first-order chi connectivity index (χ1) is 7.72. The number of nitrogens with one attached hydrogen (secondary N) is 1. The molecule has 1 aromatic rings. The van der Waals surface area contributed by atoms with Crippen molar-refractivity contribution >= 4 is 23.2 Å². The summed E-state index contributed by atoms with van der Waals surface area (Å²) in [6.07, 6.45) is 3.51. The van der Waals surface area contributed by atoms with Gasteiger partial charge in [0.25, 0.3) is 0 Å². The third kappa shape index (κ3) is 1.94. The van der Waals surface area contributed by atoms with Crippen molar-refractivity contribution in [3.63, 3.8) is 0 Å². The van der Waals surface area contributed by atoms with E-state index in [1.807, 2.05) is 18.2 Å². The van der Waals surface area contributed by atoms with Gasteiger partial charge in [-0.1, -0.05) is 17.7 Å². The number of carbonyl (C=O) groups excluding carboxylic acids is 1. The highest BCUT2D eigenvalue weighted by atomic mass is 35.5. The molecule has 84 valence electrons. The van der Waals surface area contributed by atoms with Gasteiger partial charge >= 0.3 is 0 Å². The molecule has 2 unspecified atom stereocenters. The first-order valence-corrected chi connectivity index (χ1v) is 6.16. The number of anilines is 1. The van der Waals surface area contributed by atoms with E-state index in [4.69, 9.17) is 11.6 Å². The Bertz CT molecular complexity index is 422. The molecule has 3 heteroatoms. The molecule has 0 radical (unpaired) electrons. The van der Waals surface area contributed by atoms with E-state index in [1.165, 1.54) is 6.42 Å². The van der Waals surface area contributed by atoms with Crippen LogP contribution in [0.1, 0.15) is 19.3 Å². The lowest BCUT2D eigenvalue weighted by Gasteiger charge is -2.12. The predicted octanol–water partition coefficient (Wildman–Crippen LogP) is 3.32. The van der Waals surface area contributed by atoms with Crippen LogP contribution < -0.4 is 5.32 Å². The lowest BCUT2D eigenvalue weighted by Crippen LogP contribution is -2.21. The maximum Gasteiger partial charge on any atom is 0.227 e. The van der Waals surface area contributed by atoms with Crippen LogP contribution in [0.15, 0.2) is 24.3 Å². The van der Waals surface area contributed by atoms with Gasteiger partial charge in [-0.15, -0.1) is 0 Å². The number of benzene rings is 1. The van der Waals surface area contributed by atoms with Crippen LogP contribution in [0.4, 0.5) is 5.69 Å². The molecule has 2 saturated carbocycles. The van der Waals surface area contributed by atoms with Crippen LogP contribution in [-0.4, -0.2) is 5.91 Å². The average Bonchev–Trinajstić information content (AvgIpc) is 2.86. The van der Waals surface area contributed by atoms with Crippen LogP contribution in [0.2, 0.25) is 5.02 Å². The molecule has 0 bridgehead atoms. The standard InChI is InChI=1S/C13H14ClNO/c14-11-2-1-3-12(7-11)15-13(16)10-5-8-4-9(8)6-10/h1-3,7-10H,4-6H2,(H,15,16). The molecule has 0 saturated heterocycles. The Morgan fingerprint density at radius 1 is 1.25 bits per heavy atom. The van der Waals surface area contributed by atoms with Crippen molar-refractivity contribution in [2.45, 2.75) is 19.3 Å². The molecule has 2 aliphatic rings. The van der Waals surface area contributed by atoms with Gasteiger partial charge in [-0.25, -0.2) is 0 Å². The summed E-state index contributed by atoms with van der Waals surface area (Å²) in [5.74, 6) is 2.07. The minimum Gasteiger partial charge on any atom is -0.326 e. The first-order valence-electron chi connectivity index (χ1n) is 5.79. The van der Waals surface area contributed by atoms with E-state index < -0.39 is 0 Å². The van der Waals surface area contributed by atoms with Crippen molar-refractivity contribution in [2.75, 3.05) is 5.32 Å². The molecule has 1 N–H and O–H groups in total. The van der Waals surface area contributed by atoms with E-state index in [-0.39, 0.29) is 11.8 Å². The molecule has 3 rings (SSSR count). The molecule has 0 aliphatic heterocycles. The second-order valence-electron chi connectivity index (χ2n) is 4.92. The second kappa shape index (κ2) is 3.77. The van der Waals surface area contributed by atoms with Gasteiger partial charge in [0, 0.05) is 16.6 Å². The maximum absolute atomic E-state index is 11.9. The monoisotopic (exact) mass is 235 g/mol. The molecule has 1 amide bonds. The number of halogens is 1. The molecule has 2 fully saturated rings. The summed E-state index contributed by atoms with van der Waals surface area (Å²) in [6, 6.07) is 7.32. The summed E-state index contributed by atoms with van der Waals surface area (Å²) in [7, 11) is 0. The minimum absolute atomic E-state index is 0.162. The Balaban J connectivity index is 1.64. The Morgan fingerprint density at radius 3 is 2.69 bits per heavy atom. The van der Waals surface area contributed by atoms with Crippen molar-refractivity contribution in [3.8, 4) is 0 Å². The van der Waals surface area contributed by atoms with E-state index in [0.29, 0.717) is 5.02 Å². The van der Waals surface area contributed by atoms with E-state index in [0.717, 1.165) is 30.4 Å². The number of amides is 1. The second-order valence-corrected chi connectivity index (χ2v) is 5.36. The summed E-state index contributed by atoms with van der Waals surface area (Å²) >= 11 is 5.87. The molecule has 2 nitrogen and oxygen atoms in total. The minimum atomic E-state index is 0.162. The predicted molar refractivity (Wildman–Crippen MR) is 64.4 cm³/mol. The topological polar surface area (TPSA) is 29.1 Å². The lowest BCUT2D eigenvalue weighted by molar-refractivity contribution is -0.120. The van der Waals surface area contributed by atoms with Crippen LogP contribution in [0, 0.1) is 17.8 Å². The Labute approximate surface area is 100.0 Å². The van der Waals surface area contributed by atoms with Gasteiger partial charge in [-0.05, 0) is 49.3 Å². The van der Waals surface area contributed by atoms with Crippen molar-refractivity contribution in [1.82, 2.24) is 0 Å². The number of rotatable bonds is 2. The third-order valence-corrected chi connectivity index (χ3v) is 3.94. The van der Waals surface area contributed by atoms with Crippen molar-refractivity contribution in [1.29, 1.82) is 0 Å². The molecule has 0 aromatic heterocycles. The van der Waals surface area contributed by atoms with Crippen LogP contribution in [0.3, 0.4) is 0 Å². The van der Waals surface area contributed by atoms with E-state index in [9.17, 15) is 4.79 Å². The molecule has 2 aliphatic carbocycles. The van der Waals surface area contributed by atoms with Crippen LogP contribution in [0.25, 0.3) is 0 Å². The molecule has 0 spiro atoms. The fourth-order valence-corrected chi connectivity index (χ4v) is 2.93. The molecular formula is C13H14ClNO. The SMILES string of the molecule is O=C(Nc1cccc(Cl)c1)C1CC2CC2C1. The van der Waals surface area contributed by atoms with E-state index in [1.54, 1.807) is 6.07 Å². The van der Waals surface area contributed by atoms with Crippen LogP contribution in [-0.2, 0) is 4.79 Å². The Hall–Kier alpha value is -1.02. The zero-order valence-corrected chi connectivity index (χ0v) is 9.70. The van der Waals surface area contributed by atoms with Gasteiger partial charge < -0.3 is 5.32 Å². The van der Waals surface area contributed by atoms with Gasteiger partial charge in [0.15, 0.2) is 0 Å². The summed E-state index contributed by atoms with van der Waals surface area (Å²) in [5.41, 5.74) is 0.804. The molecule has 16 heavy (non-hydrogen) atoms. The largest absolute Gasteiger partial charge is 0.326 e. The third-order valence-electron chi connectivity index (χ3n) is 3.71. The van der Waals surface area contributed by atoms with E-state index in [2.05, 4.69) is 5.32 Å². The summed E-state index contributed by atoms with van der Waals surface area (Å²) < 4.78 is 0. The zero-order chi connectivity index (χ0) is 11.1. The van der Waals surface area contributed by atoms with Gasteiger partial charge in [0.2, 0.25) is 5.91 Å².